The first-order valence-electron chi connectivity index (χ1n) is 6.84. The molecule has 0 fully saturated rings. The molecule has 0 aliphatic carbocycles. The summed E-state index contributed by atoms with van der Waals surface area (Å²) in [6.07, 6.45) is 5.79. The van der Waals surface area contributed by atoms with Crippen molar-refractivity contribution in [2.24, 2.45) is 0 Å². The Hall–Kier alpha value is -1.04. The van der Waals surface area contributed by atoms with Gasteiger partial charge in [-0.25, -0.2) is 0 Å². The zero-order valence-electron chi connectivity index (χ0n) is 12.4. The van der Waals surface area contributed by atoms with Gasteiger partial charge in [-0.1, -0.05) is 62.6 Å². The molecule has 0 bridgehead atoms. The molecule has 0 heterocycles. The highest BCUT2D eigenvalue weighted by atomic mass is 14.0. The predicted molar refractivity (Wildman–Crippen MR) is 79.7 cm³/mol. The van der Waals surface area contributed by atoms with Crippen LogP contribution in [0.5, 0.6) is 0 Å². The van der Waals surface area contributed by atoms with Crippen molar-refractivity contribution in [2.45, 2.75) is 60.8 Å². The molecule has 1 aromatic carbocycles. The first-order valence-corrected chi connectivity index (χ1v) is 6.84. The van der Waals surface area contributed by atoms with Crippen LogP contribution in [0.4, 0.5) is 0 Å². The molecular weight excluding hydrogens is 204 g/mol. The molecule has 96 valence electrons. The maximum Gasteiger partial charge on any atom is -0.00948 e. The quantitative estimate of drug-likeness (QED) is 0.603. The summed E-state index contributed by atoms with van der Waals surface area (Å²) < 4.78 is 0. The smallest absolute Gasteiger partial charge is 0.00948 e. The molecule has 0 radical (unpaired) electrons. The lowest BCUT2D eigenvalue weighted by atomic mass is 10.0. The Kier molecular flexibility index (Phi) is 8.49. The predicted octanol–water partition coefficient (Wildman–Crippen LogP) is 5.48. The van der Waals surface area contributed by atoms with Gasteiger partial charge < -0.3 is 0 Å². The molecule has 0 amide bonds. The van der Waals surface area contributed by atoms with E-state index in [1.165, 1.54) is 35.1 Å². The molecule has 0 saturated carbocycles. The molecule has 0 aliphatic rings. The van der Waals surface area contributed by atoms with Crippen molar-refractivity contribution < 1.29 is 0 Å². The monoisotopic (exact) mass is 232 g/mol. The van der Waals surface area contributed by atoms with Crippen molar-refractivity contribution in [3.8, 4) is 0 Å². The minimum atomic E-state index is 1.07. The van der Waals surface area contributed by atoms with E-state index >= 15 is 0 Å². The number of hydrogen-bond acceptors (Lipinski definition) is 0. The Labute approximate surface area is 108 Å². The Morgan fingerprint density at radius 2 is 1.65 bits per heavy atom. The first-order chi connectivity index (χ1) is 8.11. The first kappa shape index (κ1) is 16.0. The number of allylic oxidation sites excluding steroid dienone is 2. The van der Waals surface area contributed by atoms with Gasteiger partial charge in [-0.3, -0.25) is 0 Å². The highest BCUT2D eigenvalue weighted by Gasteiger charge is 1.97. The van der Waals surface area contributed by atoms with Gasteiger partial charge in [0.25, 0.3) is 0 Å². The second kappa shape index (κ2) is 9.04. The third-order valence-corrected chi connectivity index (χ3v) is 2.48. The van der Waals surface area contributed by atoms with Gasteiger partial charge >= 0.3 is 0 Å². The van der Waals surface area contributed by atoms with Crippen molar-refractivity contribution in [2.75, 3.05) is 0 Å². The average Bonchev–Trinajstić information content (AvgIpc) is 2.29. The number of aryl methyl sites for hydroxylation is 2. The average molecular weight is 232 g/mol. The summed E-state index contributed by atoms with van der Waals surface area (Å²) in [5, 5.41) is 0. The Bertz CT molecular complexity index is 341. The summed E-state index contributed by atoms with van der Waals surface area (Å²) in [5.74, 6) is 0. The lowest BCUT2D eigenvalue weighted by Crippen LogP contribution is -1.90. The van der Waals surface area contributed by atoms with Crippen LogP contribution < -0.4 is 0 Å². The molecule has 0 aliphatic heterocycles. The molecule has 0 heteroatoms. The molecule has 0 saturated heterocycles. The summed E-state index contributed by atoms with van der Waals surface area (Å²) in [7, 11) is 0. The molecule has 0 spiro atoms. The second-order valence-corrected chi connectivity index (χ2v) is 4.56. The summed E-state index contributed by atoms with van der Waals surface area (Å²) in [6.45, 7) is 12.7. The summed E-state index contributed by atoms with van der Waals surface area (Å²) in [5.41, 5.74) is 5.71. The van der Waals surface area contributed by atoms with Gasteiger partial charge in [0.05, 0.1) is 0 Å². The van der Waals surface area contributed by atoms with Crippen LogP contribution in [0.15, 0.2) is 29.8 Å². The number of rotatable bonds is 4. The van der Waals surface area contributed by atoms with Gasteiger partial charge in [0.2, 0.25) is 0 Å². The maximum absolute atomic E-state index is 2.34. The van der Waals surface area contributed by atoms with E-state index in [0.29, 0.717) is 0 Å². The maximum atomic E-state index is 2.34. The van der Waals surface area contributed by atoms with Crippen LogP contribution in [0.3, 0.4) is 0 Å². The van der Waals surface area contributed by atoms with Crippen molar-refractivity contribution in [3.05, 3.63) is 46.5 Å². The fourth-order valence-corrected chi connectivity index (χ4v) is 1.82. The van der Waals surface area contributed by atoms with Crippen LogP contribution in [0, 0.1) is 6.92 Å². The van der Waals surface area contributed by atoms with E-state index < -0.39 is 0 Å². The van der Waals surface area contributed by atoms with E-state index in [9.17, 15) is 0 Å². The molecule has 1 rings (SSSR count). The largest absolute Gasteiger partial charge is 0.0815 e. The third-order valence-electron chi connectivity index (χ3n) is 2.48. The van der Waals surface area contributed by atoms with Crippen LogP contribution in [0.2, 0.25) is 0 Å². The third kappa shape index (κ3) is 6.99. The van der Waals surface area contributed by atoms with Crippen LogP contribution >= 0.6 is 0 Å². The van der Waals surface area contributed by atoms with Crippen molar-refractivity contribution in [1.82, 2.24) is 0 Å². The molecule has 0 nitrogen and oxygen atoms in total. The lowest BCUT2D eigenvalue weighted by Gasteiger charge is -2.05. The highest BCUT2D eigenvalue weighted by Crippen LogP contribution is 2.13. The van der Waals surface area contributed by atoms with Gasteiger partial charge in [0, 0.05) is 0 Å². The van der Waals surface area contributed by atoms with E-state index in [-0.39, 0.29) is 0 Å². The van der Waals surface area contributed by atoms with E-state index in [1.54, 1.807) is 0 Å². The van der Waals surface area contributed by atoms with Gasteiger partial charge in [-0.15, -0.1) is 0 Å². The van der Waals surface area contributed by atoms with Crippen LogP contribution in [0.25, 0.3) is 0 Å². The van der Waals surface area contributed by atoms with Gasteiger partial charge in [0.1, 0.15) is 0 Å². The van der Waals surface area contributed by atoms with E-state index in [0.717, 1.165) is 6.42 Å². The van der Waals surface area contributed by atoms with Crippen molar-refractivity contribution >= 4 is 0 Å². The summed E-state index contributed by atoms with van der Waals surface area (Å²) >= 11 is 0. The fraction of sp³-hybridized carbons (Fsp3) is 0.529. The van der Waals surface area contributed by atoms with Gasteiger partial charge in [0.15, 0.2) is 0 Å². The summed E-state index contributed by atoms with van der Waals surface area (Å²) in [6, 6.07) is 6.93. The molecule has 0 unspecified atom stereocenters. The topological polar surface area (TPSA) is 0 Å². The van der Waals surface area contributed by atoms with E-state index in [1.807, 2.05) is 13.8 Å². The van der Waals surface area contributed by atoms with Crippen LogP contribution in [0.1, 0.15) is 57.7 Å². The zero-order chi connectivity index (χ0) is 13.3. The SMILES string of the molecule is CC.CCCc1cc(C)cc(CC=C(C)C)c1. The minimum Gasteiger partial charge on any atom is -0.0815 e. The van der Waals surface area contributed by atoms with Crippen molar-refractivity contribution in [1.29, 1.82) is 0 Å². The number of hydrogen-bond donors (Lipinski definition) is 0. The number of benzene rings is 1. The zero-order valence-corrected chi connectivity index (χ0v) is 12.4. The van der Waals surface area contributed by atoms with Gasteiger partial charge in [-0.05, 0) is 44.7 Å². The van der Waals surface area contributed by atoms with E-state index in [2.05, 4.69) is 52.0 Å². The van der Waals surface area contributed by atoms with Gasteiger partial charge in [-0.2, -0.15) is 0 Å². The summed E-state index contributed by atoms with van der Waals surface area (Å²) in [4.78, 5) is 0. The van der Waals surface area contributed by atoms with Crippen LogP contribution in [-0.2, 0) is 12.8 Å². The lowest BCUT2D eigenvalue weighted by molar-refractivity contribution is 0.917. The molecule has 0 atom stereocenters. The highest BCUT2D eigenvalue weighted by molar-refractivity contribution is 5.31. The van der Waals surface area contributed by atoms with E-state index in [4.69, 9.17) is 0 Å². The van der Waals surface area contributed by atoms with Crippen LogP contribution in [-0.4, -0.2) is 0 Å². The molecule has 0 aromatic heterocycles. The Morgan fingerprint density at radius 1 is 1.06 bits per heavy atom. The molecule has 17 heavy (non-hydrogen) atoms. The Morgan fingerprint density at radius 3 is 2.18 bits per heavy atom. The minimum absolute atomic E-state index is 1.07. The molecule has 1 aromatic rings. The molecule has 0 N–H and O–H groups in total. The molecular formula is C17H28. The second-order valence-electron chi connectivity index (χ2n) is 4.56. The fourth-order valence-electron chi connectivity index (χ4n) is 1.82. The van der Waals surface area contributed by atoms with Crippen molar-refractivity contribution in [3.63, 3.8) is 0 Å². The standard InChI is InChI=1S/C15H22.C2H6/c1-5-6-14-9-13(4)10-15(11-14)8-7-12(2)3;1-2/h7,9-11H,5-6,8H2,1-4H3;1-2H3. The Balaban J connectivity index is 0.00000121. The normalized spacial score (nSPS) is 9.29.